The van der Waals surface area contributed by atoms with Crippen LogP contribution in [0.1, 0.15) is 11.1 Å². The third-order valence-electron chi connectivity index (χ3n) is 3.11. The normalized spacial score (nSPS) is 15.8. The van der Waals surface area contributed by atoms with E-state index in [9.17, 15) is 0 Å². The first-order valence-corrected chi connectivity index (χ1v) is 7.91. The smallest absolute Gasteiger partial charge is 0.211 e. The van der Waals surface area contributed by atoms with Crippen LogP contribution in [-0.4, -0.2) is 15.8 Å². The summed E-state index contributed by atoms with van der Waals surface area (Å²) in [4.78, 5) is 15.5. The average molecular weight is 298 g/mol. The monoisotopic (exact) mass is 298 g/mol. The highest BCUT2D eigenvalue weighted by Crippen LogP contribution is 2.31. The van der Waals surface area contributed by atoms with Gasteiger partial charge in [-0.05, 0) is 5.56 Å². The van der Waals surface area contributed by atoms with E-state index in [1.54, 1.807) is 28.9 Å². The van der Waals surface area contributed by atoms with Gasteiger partial charge >= 0.3 is 0 Å². The summed E-state index contributed by atoms with van der Waals surface area (Å²) in [5, 5.41) is 5.67. The lowest BCUT2D eigenvalue weighted by Crippen LogP contribution is -2.23. The van der Waals surface area contributed by atoms with Crippen LogP contribution in [0, 0.1) is 0 Å². The van der Waals surface area contributed by atoms with Crippen LogP contribution >= 0.6 is 22.7 Å². The summed E-state index contributed by atoms with van der Waals surface area (Å²) in [6, 6.07) is 8.35. The summed E-state index contributed by atoms with van der Waals surface area (Å²) < 4.78 is 0. The number of hydrogen-bond donors (Lipinski definition) is 0. The van der Waals surface area contributed by atoms with E-state index in [1.807, 2.05) is 23.0 Å². The molecular weight excluding hydrogens is 288 g/mol. The van der Waals surface area contributed by atoms with Gasteiger partial charge in [-0.25, -0.2) is 15.0 Å². The molecule has 0 saturated carbocycles. The molecule has 3 aromatic rings. The molecule has 0 fully saturated rings. The van der Waals surface area contributed by atoms with Gasteiger partial charge in [-0.15, -0.1) is 22.7 Å². The first-order chi connectivity index (χ1) is 9.92. The molecule has 2 aromatic heterocycles. The Hall–Kier alpha value is -2.05. The largest absolute Gasteiger partial charge is 0.297 e. The van der Waals surface area contributed by atoms with Crippen molar-refractivity contribution in [3.8, 4) is 0 Å². The van der Waals surface area contributed by atoms with Crippen LogP contribution in [0.15, 0.2) is 52.4 Å². The third-order valence-corrected chi connectivity index (χ3v) is 4.57. The first-order valence-electron chi connectivity index (χ1n) is 6.15. The number of aromatic nitrogens is 2. The van der Waals surface area contributed by atoms with Gasteiger partial charge in [0.2, 0.25) is 5.13 Å². The maximum atomic E-state index is 4.71. The summed E-state index contributed by atoms with van der Waals surface area (Å²) in [5.41, 5.74) is 2.44. The van der Waals surface area contributed by atoms with Crippen molar-refractivity contribution in [3.05, 3.63) is 58.5 Å². The molecule has 0 aliphatic carbocycles. The van der Waals surface area contributed by atoms with Crippen LogP contribution in [0.5, 0.6) is 0 Å². The number of aliphatic imine (C=N–C) groups is 1. The Bertz CT molecular complexity index is 747. The van der Waals surface area contributed by atoms with E-state index in [-0.39, 0.29) is 0 Å². The number of hydrogen-bond acceptors (Lipinski definition) is 5. The van der Waals surface area contributed by atoms with E-state index in [4.69, 9.17) is 4.99 Å². The number of rotatable bonds is 2. The van der Waals surface area contributed by atoms with E-state index in [2.05, 4.69) is 33.1 Å². The van der Waals surface area contributed by atoms with Crippen molar-refractivity contribution in [2.24, 2.45) is 4.99 Å². The molecule has 1 aliphatic rings. The van der Waals surface area contributed by atoms with E-state index in [1.165, 1.54) is 5.56 Å². The fourth-order valence-electron chi connectivity index (χ4n) is 2.26. The van der Waals surface area contributed by atoms with Gasteiger partial charge in [0.05, 0.1) is 6.54 Å². The second-order valence-electron chi connectivity index (χ2n) is 4.31. The van der Waals surface area contributed by atoms with Gasteiger partial charge in [0, 0.05) is 28.7 Å². The van der Waals surface area contributed by atoms with Gasteiger partial charge in [0.1, 0.15) is 5.84 Å². The third kappa shape index (κ3) is 1.93. The molecule has 3 heterocycles. The van der Waals surface area contributed by atoms with Gasteiger partial charge in [-0.2, -0.15) is 0 Å². The van der Waals surface area contributed by atoms with Crippen molar-refractivity contribution in [1.82, 2.24) is 9.97 Å². The Kier molecular flexibility index (Phi) is 2.82. The van der Waals surface area contributed by atoms with E-state index < -0.39 is 0 Å². The topological polar surface area (TPSA) is 41.4 Å². The van der Waals surface area contributed by atoms with E-state index in [0.717, 1.165) is 28.2 Å². The van der Waals surface area contributed by atoms with Crippen LogP contribution in [0.4, 0.5) is 10.3 Å². The number of fused-ring (bicyclic) bond motifs is 1. The molecule has 4 nitrogen and oxygen atoms in total. The fourth-order valence-corrected chi connectivity index (χ4v) is 3.40. The molecule has 1 aromatic carbocycles. The first kappa shape index (κ1) is 11.7. The Morgan fingerprint density at radius 1 is 1.05 bits per heavy atom. The van der Waals surface area contributed by atoms with E-state index in [0.29, 0.717) is 0 Å². The molecule has 1 aliphatic heterocycles. The molecule has 0 saturated heterocycles. The Morgan fingerprint density at radius 3 is 2.70 bits per heavy atom. The molecule has 0 radical (unpaired) electrons. The van der Waals surface area contributed by atoms with Crippen molar-refractivity contribution in [1.29, 1.82) is 0 Å². The number of amidine groups is 1. The minimum atomic E-state index is 0.776. The highest BCUT2D eigenvalue weighted by Gasteiger charge is 2.28. The number of benzene rings is 1. The zero-order valence-corrected chi connectivity index (χ0v) is 12.1. The molecule has 0 amide bonds. The maximum absolute atomic E-state index is 4.71. The Morgan fingerprint density at radius 2 is 1.90 bits per heavy atom. The lowest BCUT2D eigenvalue weighted by Gasteiger charge is -2.14. The molecule has 0 spiro atoms. The molecule has 0 bridgehead atoms. The molecule has 20 heavy (non-hydrogen) atoms. The van der Waals surface area contributed by atoms with E-state index >= 15 is 0 Å². The fraction of sp³-hybridized carbons (Fsp3) is 0.0714. The van der Waals surface area contributed by atoms with Crippen LogP contribution in [0.25, 0.3) is 0 Å². The summed E-state index contributed by atoms with van der Waals surface area (Å²) in [7, 11) is 0. The number of nitrogens with zero attached hydrogens (tertiary/aromatic N) is 4. The van der Waals surface area contributed by atoms with Gasteiger partial charge in [-0.3, -0.25) is 4.90 Å². The number of anilines is 1. The summed E-state index contributed by atoms with van der Waals surface area (Å²) in [5.74, 6) is 0.936. The zero-order valence-electron chi connectivity index (χ0n) is 10.4. The molecule has 6 heteroatoms. The summed E-state index contributed by atoms with van der Waals surface area (Å²) in [6.07, 6.45) is 3.60. The molecule has 0 N–H and O–H groups in total. The highest BCUT2D eigenvalue weighted by molar-refractivity contribution is 7.14. The van der Waals surface area contributed by atoms with Crippen molar-refractivity contribution in [3.63, 3.8) is 0 Å². The van der Waals surface area contributed by atoms with Crippen LogP contribution < -0.4 is 4.90 Å². The second kappa shape index (κ2) is 4.81. The highest BCUT2D eigenvalue weighted by atomic mass is 32.1. The Balaban J connectivity index is 1.85. The maximum Gasteiger partial charge on any atom is 0.211 e. The van der Waals surface area contributed by atoms with Gasteiger partial charge in [0.25, 0.3) is 0 Å². The molecule has 0 unspecified atom stereocenters. The quantitative estimate of drug-likeness (QED) is 0.724. The zero-order chi connectivity index (χ0) is 13.4. The average Bonchev–Trinajstić information content (AvgIpc) is 3.19. The standard InChI is InChI=1S/C14H10N4S2/c1-2-4-11-10(3-1)9-18(14-16-6-8-20-14)12(11)17-13-15-5-7-19-13/h1-8H,9H2. The van der Waals surface area contributed by atoms with Crippen molar-refractivity contribution in [2.75, 3.05) is 4.90 Å². The minimum absolute atomic E-state index is 0.776. The summed E-state index contributed by atoms with van der Waals surface area (Å²) >= 11 is 3.17. The lowest BCUT2D eigenvalue weighted by molar-refractivity contribution is 1.04. The predicted molar refractivity (Wildman–Crippen MR) is 83.1 cm³/mol. The van der Waals surface area contributed by atoms with Crippen molar-refractivity contribution < 1.29 is 0 Å². The molecule has 4 rings (SSSR count). The van der Waals surface area contributed by atoms with Crippen LogP contribution in [0.3, 0.4) is 0 Å². The van der Waals surface area contributed by atoms with Gasteiger partial charge < -0.3 is 0 Å². The molecular formula is C14H10N4S2. The van der Waals surface area contributed by atoms with Crippen LogP contribution in [-0.2, 0) is 6.54 Å². The summed E-state index contributed by atoms with van der Waals surface area (Å²) in [6.45, 7) is 0.813. The minimum Gasteiger partial charge on any atom is -0.297 e. The SMILES string of the molecule is c1ccc2c(c1)CN(c1nccs1)C2=Nc1nccs1. The van der Waals surface area contributed by atoms with Crippen LogP contribution in [0.2, 0.25) is 0 Å². The molecule has 98 valence electrons. The van der Waals surface area contributed by atoms with Gasteiger partial charge in [-0.1, -0.05) is 24.3 Å². The Labute approximate surface area is 124 Å². The molecule has 0 atom stereocenters. The number of thiazole rings is 2. The van der Waals surface area contributed by atoms with Gasteiger partial charge in [0.15, 0.2) is 5.13 Å². The van der Waals surface area contributed by atoms with Crippen molar-refractivity contribution in [2.45, 2.75) is 6.54 Å². The van der Waals surface area contributed by atoms with Crippen molar-refractivity contribution >= 4 is 38.8 Å². The lowest BCUT2D eigenvalue weighted by atomic mass is 10.1. The second-order valence-corrected chi connectivity index (χ2v) is 6.05. The predicted octanol–water partition coefficient (Wildman–Crippen LogP) is 3.70.